The molecule has 3 aliphatic heterocycles. The first-order valence-corrected chi connectivity index (χ1v) is 10.4. The fraction of sp³-hybridized carbons (Fsp3) is 0.667. The lowest BCUT2D eigenvalue weighted by atomic mass is 9.89. The molecule has 0 bridgehead atoms. The lowest BCUT2D eigenvalue weighted by Crippen LogP contribution is -2.46. The monoisotopic (exact) mass is 375 g/mol. The predicted molar refractivity (Wildman–Crippen MR) is 107 cm³/mol. The number of hydrogen-bond donors (Lipinski definition) is 0. The quantitative estimate of drug-likeness (QED) is 0.807. The third kappa shape index (κ3) is 3.46. The Labute approximate surface area is 162 Å². The van der Waals surface area contributed by atoms with E-state index in [1.807, 2.05) is 6.07 Å². The van der Waals surface area contributed by atoms with Crippen LogP contribution >= 0.6 is 11.6 Å². The lowest BCUT2D eigenvalue weighted by Gasteiger charge is -2.38. The van der Waals surface area contributed by atoms with Crippen LogP contribution in [0.3, 0.4) is 0 Å². The zero-order valence-electron chi connectivity index (χ0n) is 16.0. The van der Waals surface area contributed by atoms with Crippen molar-refractivity contribution in [3.8, 4) is 0 Å². The Hall–Kier alpha value is -1.26. The Bertz CT molecular complexity index is 671. The molecule has 0 aromatic heterocycles. The molecule has 0 spiro atoms. The van der Waals surface area contributed by atoms with Gasteiger partial charge in [-0.1, -0.05) is 18.5 Å². The molecule has 1 amide bonds. The Morgan fingerprint density at radius 1 is 1.19 bits per heavy atom. The molecule has 26 heavy (non-hydrogen) atoms. The summed E-state index contributed by atoms with van der Waals surface area (Å²) in [5.41, 5.74) is 2.66. The van der Waals surface area contributed by atoms with Gasteiger partial charge in [0.15, 0.2) is 0 Å². The van der Waals surface area contributed by atoms with Gasteiger partial charge in [0, 0.05) is 55.3 Å². The fourth-order valence-corrected chi connectivity index (χ4v) is 5.14. The van der Waals surface area contributed by atoms with Gasteiger partial charge in [0.05, 0.1) is 0 Å². The Morgan fingerprint density at radius 2 is 1.96 bits per heavy atom. The van der Waals surface area contributed by atoms with Crippen LogP contribution < -0.4 is 4.90 Å². The molecule has 2 atom stereocenters. The molecule has 142 valence electrons. The van der Waals surface area contributed by atoms with Crippen molar-refractivity contribution in [2.75, 3.05) is 44.7 Å². The highest BCUT2D eigenvalue weighted by atomic mass is 35.5. The molecule has 3 heterocycles. The van der Waals surface area contributed by atoms with Crippen LogP contribution in [0.5, 0.6) is 0 Å². The molecule has 0 N–H and O–H groups in total. The first-order valence-electron chi connectivity index (χ1n) is 10.1. The molecule has 0 saturated carbocycles. The van der Waals surface area contributed by atoms with Gasteiger partial charge in [-0.2, -0.15) is 0 Å². The third-order valence-electron chi connectivity index (χ3n) is 6.58. The number of carbonyl (C=O) groups is 1. The van der Waals surface area contributed by atoms with E-state index in [1.54, 1.807) is 0 Å². The second-order valence-corrected chi connectivity index (χ2v) is 8.87. The SMILES string of the molecule is CC1CCN(C(=O)CCN2c3ccc(Cl)cc3C3CN(C)CCC32)CC1. The number of halogens is 1. The molecule has 0 aliphatic carbocycles. The molecule has 5 heteroatoms. The van der Waals surface area contributed by atoms with E-state index in [9.17, 15) is 4.79 Å². The summed E-state index contributed by atoms with van der Waals surface area (Å²) >= 11 is 6.29. The number of fused-ring (bicyclic) bond motifs is 3. The summed E-state index contributed by atoms with van der Waals surface area (Å²) in [6, 6.07) is 6.79. The van der Waals surface area contributed by atoms with Crippen LogP contribution in [0.25, 0.3) is 0 Å². The van der Waals surface area contributed by atoms with Crippen LogP contribution in [0.1, 0.15) is 44.1 Å². The molecule has 2 unspecified atom stereocenters. The van der Waals surface area contributed by atoms with Crippen molar-refractivity contribution >= 4 is 23.2 Å². The summed E-state index contributed by atoms with van der Waals surface area (Å²) in [4.78, 5) is 19.7. The van der Waals surface area contributed by atoms with Crippen molar-refractivity contribution in [3.63, 3.8) is 0 Å². The van der Waals surface area contributed by atoms with Crippen LogP contribution in [-0.4, -0.2) is 61.5 Å². The maximum Gasteiger partial charge on any atom is 0.224 e. The number of piperidine rings is 2. The number of benzene rings is 1. The van der Waals surface area contributed by atoms with Crippen molar-refractivity contribution in [3.05, 3.63) is 28.8 Å². The number of carbonyl (C=O) groups excluding carboxylic acids is 1. The number of likely N-dealkylation sites (tertiary alicyclic amines) is 2. The maximum absolute atomic E-state index is 12.7. The van der Waals surface area contributed by atoms with E-state index in [0.29, 0.717) is 24.3 Å². The van der Waals surface area contributed by atoms with E-state index < -0.39 is 0 Å². The van der Waals surface area contributed by atoms with Gasteiger partial charge in [-0.05, 0) is 62.5 Å². The van der Waals surface area contributed by atoms with Crippen LogP contribution in [-0.2, 0) is 4.79 Å². The van der Waals surface area contributed by atoms with Crippen LogP contribution in [0.15, 0.2) is 18.2 Å². The van der Waals surface area contributed by atoms with Crippen LogP contribution in [0, 0.1) is 5.92 Å². The van der Waals surface area contributed by atoms with Crippen LogP contribution in [0.2, 0.25) is 5.02 Å². The molecule has 3 aliphatic rings. The van der Waals surface area contributed by atoms with Gasteiger partial charge in [0.1, 0.15) is 0 Å². The highest BCUT2D eigenvalue weighted by Gasteiger charge is 2.41. The molecule has 4 rings (SSSR count). The Balaban J connectivity index is 1.47. The fourth-order valence-electron chi connectivity index (χ4n) is 4.96. The summed E-state index contributed by atoms with van der Waals surface area (Å²) in [5.74, 6) is 1.59. The average molecular weight is 376 g/mol. The van der Waals surface area contributed by atoms with Gasteiger partial charge >= 0.3 is 0 Å². The van der Waals surface area contributed by atoms with E-state index in [-0.39, 0.29) is 0 Å². The highest BCUT2D eigenvalue weighted by Crippen LogP contribution is 2.45. The van der Waals surface area contributed by atoms with E-state index in [1.165, 1.54) is 11.3 Å². The van der Waals surface area contributed by atoms with E-state index in [0.717, 1.165) is 62.9 Å². The van der Waals surface area contributed by atoms with E-state index in [4.69, 9.17) is 11.6 Å². The first kappa shape index (κ1) is 18.1. The van der Waals surface area contributed by atoms with Gasteiger partial charge in [-0.15, -0.1) is 0 Å². The van der Waals surface area contributed by atoms with Gasteiger partial charge < -0.3 is 14.7 Å². The minimum absolute atomic E-state index is 0.323. The molecule has 1 aromatic rings. The number of amides is 1. The average Bonchev–Trinajstić information content (AvgIpc) is 2.92. The summed E-state index contributed by atoms with van der Waals surface area (Å²) in [7, 11) is 2.20. The second-order valence-electron chi connectivity index (χ2n) is 8.43. The number of hydrogen-bond acceptors (Lipinski definition) is 3. The highest BCUT2D eigenvalue weighted by molar-refractivity contribution is 6.30. The van der Waals surface area contributed by atoms with Crippen molar-refractivity contribution < 1.29 is 4.79 Å². The number of nitrogens with zero attached hydrogens (tertiary/aromatic N) is 3. The molecule has 2 fully saturated rings. The van der Waals surface area contributed by atoms with Gasteiger partial charge in [0.25, 0.3) is 0 Å². The minimum atomic E-state index is 0.323. The minimum Gasteiger partial charge on any atom is -0.367 e. The summed E-state index contributed by atoms with van der Waals surface area (Å²) in [6.07, 6.45) is 4.07. The number of anilines is 1. The van der Waals surface area contributed by atoms with Gasteiger partial charge in [-0.25, -0.2) is 0 Å². The molecular weight excluding hydrogens is 346 g/mol. The van der Waals surface area contributed by atoms with Crippen molar-refractivity contribution in [1.82, 2.24) is 9.80 Å². The maximum atomic E-state index is 12.7. The molecule has 4 nitrogen and oxygen atoms in total. The Morgan fingerprint density at radius 3 is 2.73 bits per heavy atom. The zero-order chi connectivity index (χ0) is 18.3. The molecule has 2 saturated heterocycles. The van der Waals surface area contributed by atoms with Gasteiger partial charge in [-0.3, -0.25) is 4.79 Å². The summed E-state index contributed by atoms with van der Waals surface area (Å²) < 4.78 is 0. The second kappa shape index (κ2) is 7.40. The number of likely N-dealkylation sites (N-methyl/N-ethyl adjacent to an activating group) is 1. The number of rotatable bonds is 3. The first-order chi connectivity index (χ1) is 12.5. The van der Waals surface area contributed by atoms with E-state index in [2.05, 4.69) is 40.8 Å². The predicted octanol–water partition coefficient (Wildman–Crippen LogP) is 3.60. The molecule has 0 radical (unpaired) electrons. The van der Waals surface area contributed by atoms with Crippen LogP contribution in [0.4, 0.5) is 5.69 Å². The largest absolute Gasteiger partial charge is 0.367 e. The van der Waals surface area contributed by atoms with Gasteiger partial charge in [0.2, 0.25) is 5.91 Å². The standard InChI is InChI=1S/C21H30ClN3O/c1-15-5-10-24(11-6-15)21(26)8-12-25-19-4-3-16(22)13-17(19)18-14-23(2)9-7-20(18)25/h3-4,13,15,18,20H,5-12,14H2,1-2H3. The zero-order valence-corrected chi connectivity index (χ0v) is 16.7. The third-order valence-corrected chi connectivity index (χ3v) is 6.82. The Kier molecular flexibility index (Phi) is 5.15. The molecular formula is C21H30ClN3O. The smallest absolute Gasteiger partial charge is 0.224 e. The van der Waals surface area contributed by atoms with Crippen molar-refractivity contribution in [2.45, 2.75) is 44.6 Å². The summed E-state index contributed by atoms with van der Waals surface area (Å²) in [6.45, 7) is 7.18. The normalized spacial score (nSPS) is 26.7. The summed E-state index contributed by atoms with van der Waals surface area (Å²) in [5, 5.41) is 0.816. The lowest BCUT2D eigenvalue weighted by molar-refractivity contribution is -0.132. The molecule has 1 aromatic carbocycles. The van der Waals surface area contributed by atoms with E-state index >= 15 is 0 Å². The topological polar surface area (TPSA) is 26.8 Å². The van der Waals surface area contributed by atoms with Crippen molar-refractivity contribution in [2.24, 2.45) is 5.92 Å². The van der Waals surface area contributed by atoms with Crippen molar-refractivity contribution in [1.29, 1.82) is 0 Å².